The Bertz CT molecular complexity index is 740. The van der Waals surface area contributed by atoms with Gasteiger partial charge >= 0.3 is 0 Å². The Labute approximate surface area is 136 Å². The number of phenolic OH excluding ortho intramolecular Hbond substituents is 2. The second-order valence-electron chi connectivity index (χ2n) is 7.87. The number of phenols is 2. The minimum Gasteiger partial charge on any atom is -0.508 e. The molecule has 118 valence electrons. The molecule has 2 heteroatoms. The van der Waals surface area contributed by atoms with E-state index >= 15 is 0 Å². The van der Waals surface area contributed by atoms with Crippen molar-refractivity contribution in [2.24, 2.45) is 17.8 Å². The van der Waals surface area contributed by atoms with Crippen LogP contribution < -0.4 is 0 Å². The van der Waals surface area contributed by atoms with Gasteiger partial charge in [0.2, 0.25) is 0 Å². The van der Waals surface area contributed by atoms with Gasteiger partial charge < -0.3 is 10.2 Å². The molecule has 0 aromatic heterocycles. The third-order valence-corrected chi connectivity index (χ3v) is 6.68. The zero-order valence-corrected chi connectivity index (χ0v) is 13.4. The van der Waals surface area contributed by atoms with E-state index in [1.807, 2.05) is 24.3 Å². The zero-order valence-electron chi connectivity index (χ0n) is 13.4. The number of benzene rings is 2. The van der Waals surface area contributed by atoms with E-state index in [9.17, 15) is 10.2 Å². The third kappa shape index (κ3) is 1.50. The van der Waals surface area contributed by atoms with E-state index < -0.39 is 0 Å². The Morgan fingerprint density at radius 1 is 0.826 bits per heavy atom. The van der Waals surface area contributed by atoms with Crippen molar-refractivity contribution in [1.29, 1.82) is 0 Å². The number of rotatable bonds is 0. The summed E-state index contributed by atoms with van der Waals surface area (Å²) in [6.07, 6.45) is 4.41. The van der Waals surface area contributed by atoms with Crippen LogP contribution in [-0.4, -0.2) is 10.2 Å². The van der Waals surface area contributed by atoms with Crippen LogP contribution in [0.25, 0.3) is 0 Å². The molecule has 1 spiro atoms. The first kappa shape index (κ1) is 13.5. The summed E-state index contributed by atoms with van der Waals surface area (Å²) < 4.78 is 0. The van der Waals surface area contributed by atoms with Crippen LogP contribution in [0, 0.1) is 17.8 Å². The highest BCUT2D eigenvalue weighted by molar-refractivity contribution is 5.64. The van der Waals surface area contributed by atoms with Crippen molar-refractivity contribution >= 4 is 0 Å². The molecule has 0 amide bonds. The summed E-state index contributed by atoms with van der Waals surface area (Å²) in [6, 6.07) is 11.9. The maximum Gasteiger partial charge on any atom is 0.119 e. The molecular weight excluding hydrogens is 284 g/mol. The lowest BCUT2D eigenvalue weighted by Gasteiger charge is -2.46. The number of hydrogen-bond donors (Lipinski definition) is 2. The molecule has 4 atom stereocenters. The molecule has 3 aliphatic carbocycles. The topological polar surface area (TPSA) is 40.5 Å². The molecule has 2 nitrogen and oxygen atoms in total. The fraction of sp³-hybridized carbons (Fsp3) is 0.429. The number of fused-ring (bicyclic) bond motifs is 2. The summed E-state index contributed by atoms with van der Waals surface area (Å²) in [5, 5.41) is 21.4. The van der Waals surface area contributed by atoms with Crippen LogP contribution in [0.15, 0.2) is 36.4 Å². The summed E-state index contributed by atoms with van der Waals surface area (Å²) in [7, 11) is 0. The Hall–Kier alpha value is -1.96. The van der Waals surface area contributed by atoms with E-state index in [1.54, 1.807) is 0 Å². The van der Waals surface area contributed by atoms with Crippen LogP contribution in [0.5, 0.6) is 11.5 Å². The van der Waals surface area contributed by atoms with E-state index in [-0.39, 0.29) is 5.41 Å². The zero-order chi connectivity index (χ0) is 15.8. The highest BCUT2D eigenvalue weighted by Gasteiger charge is 2.61. The maximum absolute atomic E-state index is 10.7. The molecule has 0 radical (unpaired) electrons. The molecule has 1 saturated carbocycles. The van der Waals surface area contributed by atoms with Gasteiger partial charge in [0.05, 0.1) is 0 Å². The number of hydrogen-bond acceptors (Lipinski definition) is 2. The lowest BCUT2D eigenvalue weighted by Crippen LogP contribution is -2.43. The van der Waals surface area contributed by atoms with Gasteiger partial charge in [0.25, 0.3) is 0 Å². The SMILES string of the molecule is CC1CC2Cc3cccc(O)c3C23c2c(O)cccc2C[C@H]3C1. The lowest BCUT2D eigenvalue weighted by atomic mass is 9.57. The minimum atomic E-state index is -0.173. The molecule has 5 rings (SSSR count). The first-order valence-corrected chi connectivity index (χ1v) is 8.75. The molecule has 0 bridgehead atoms. The predicted molar refractivity (Wildman–Crippen MR) is 89.8 cm³/mol. The summed E-state index contributed by atoms with van der Waals surface area (Å²) in [5.74, 6) is 2.54. The molecule has 1 fully saturated rings. The maximum atomic E-state index is 10.7. The van der Waals surface area contributed by atoms with Gasteiger partial charge in [-0.15, -0.1) is 0 Å². The van der Waals surface area contributed by atoms with Crippen molar-refractivity contribution in [1.82, 2.24) is 0 Å². The summed E-state index contributed by atoms with van der Waals surface area (Å²) in [4.78, 5) is 0. The normalized spacial score (nSPS) is 33.7. The van der Waals surface area contributed by atoms with Gasteiger partial charge in [0, 0.05) is 16.5 Å². The molecule has 3 unspecified atom stereocenters. The second-order valence-corrected chi connectivity index (χ2v) is 7.87. The molecule has 2 aromatic carbocycles. The standard InChI is InChI=1S/C21H22O2/c1-12-8-15-10-13-4-2-6-17(22)19(13)21(15)16(9-12)11-14-5-3-7-18(23)20(14)21/h2-7,12,15-16,22-23H,8-11H2,1H3/t12?,15-,16?,21?/m1/s1. The molecule has 2 N–H and O–H groups in total. The monoisotopic (exact) mass is 306 g/mol. The highest BCUT2D eigenvalue weighted by atomic mass is 16.3. The van der Waals surface area contributed by atoms with Crippen molar-refractivity contribution in [3.8, 4) is 11.5 Å². The Balaban J connectivity index is 1.87. The van der Waals surface area contributed by atoms with Gasteiger partial charge in [0.15, 0.2) is 0 Å². The quantitative estimate of drug-likeness (QED) is 0.767. The van der Waals surface area contributed by atoms with Gasteiger partial charge in [-0.05, 0) is 66.7 Å². The molecule has 2 aromatic rings. The van der Waals surface area contributed by atoms with Crippen LogP contribution in [0.3, 0.4) is 0 Å². The molecule has 23 heavy (non-hydrogen) atoms. The Morgan fingerprint density at radius 3 is 1.78 bits per heavy atom. The van der Waals surface area contributed by atoms with Gasteiger partial charge in [0.1, 0.15) is 11.5 Å². The van der Waals surface area contributed by atoms with Crippen molar-refractivity contribution < 1.29 is 10.2 Å². The number of aromatic hydroxyl groups is 2. The fourth-order valence-electron chi connectivity index (χ4n) is 6.20. The van der Waals surface area contributed by atoms with Crippen LogP contribution in [0.2, 0.25) is 0 Å². The van der Waals surface area contributed by atoms with Crippen LogP contribution in [0.1, 0.15) is 42.0 Å². The molecular formula is C21H22O2. The summed E-state index contributed by atoms with van der Waals surface area (Å²) >= 11 is 0. The Morgan fingerprint density at radius 2 is 1.30 bits per heavy atom. The van der Waals surface area contributed by atoms with Gasteiger partial charge in [-0.1, -0.05) is 31.2 Å². The second kappa shape index (κ2) is 4.31. The summed E-state index contributed by atoms with van der Waals surface area (Å²) in [6.45, 7) is 2.36. The smallest absolute Gasteiger partial charge is 0.119 e. The fourth-order valence-corrected chi connectivity index (χ4v) is 6.20. The van der Waals surface area contributed by atoms with E-state index in [0.29, 0.717) is 29.3 Å². The van der Waals surface area contributed by atoms with E-state index in [1.165, 1.54) is 24.0 Å². The van der Waals surface area contributed by atoms with E-state index in [2.05, 4.69) is 19.1 Å². The van der Waals surface area contributed by atoms with Crippen LogP contribution in [0.4, 0.5) is 0 Å². The molecule has 0 saturated heterocycles. The van der Waals surface area contributed by atoms with Crippen LogP contribution in [-0.2, 0) is 18.3 Å². The lowest BCUT2D eigenvalue weighted by molar-refractivity contribution is 0.129. The largest absolute Gasteiger partial charge is 0.508 e. The minimum absolute atomic E-state index is 0.173. The van der Waals surface area contributed by atoms with Crippen molar-refractivity contribution in [2.75, 3.05) is 0 Å². The Kier molecular flexibility index (Phi) is 2.53. The third-order valence-electron chi connectivity index (χ3n) is 6.68. The highest BCUT2D eigenvalue weighted by Crippen LogP contribution is 2.66. The molecule has 0 heterocycles. The predicted octanol–water partition coefficient (Wildman–Crippen LogP) is 4.16. The first-order valence-electron chi connectivity index (χ1n) is 8.75. The van der Waals surface area contributed by atoms with E-state index in [4.69, 9.17) is 0 Å². The molecule has 3 aliphatic rings. The first-order chi connectivity index (χ1) is 11.1. The average molecular weight is 306 g/mol. The van der Waals surface area contributed by atoms with Gasteiger partial charge in [-0.2, -0.15) is 0 Å². The van der Waals surface area contributed by atoms with Crippen molar-refractivity contribution in [3.63, 3.8) is 0 Å². The van der Waals surface area contributed by atoms with Gasteiger partial charge in [-0.25, -0.2) is 0 Å². The summed E-state index contributed by atoms with van der Waals surface area (Å²) in [5.41, 5.74) is 4.62. The van der Waals surface area contributed by atoms with Crippen molar-refractivity contribution in [2.45, 2.75) is 38.0 Å². The average Bonchev–Trinajstić information content (AvgIpc) is 3.00. The van der Waals surface area contributed by atoms with Crippen LogP contribution >= 0.6 is 0 Å². The van der Waals surface area contributed by atoms with E-state index in [0.717, 1.165) is 24.0 Å². The van der Waals surface area contributed by atoms with Crippen molar-refractivity contribution in [3.05, 3.63) is 58.7 Å². The molecule has 0 aliphatic heterocycles. The van der Waals surface area contributed by atoms with Gasteiger partial charge in [-0.3, -0.25) is 0 Å².